The summed E-state index contributed by atoms with van der Waals surface area (Å²) in [5.74, 6) is 0.293. The lowest BCUT2D eigenvalue weighted by molar-refractivity contribution is -0.141. The SMILES string of the molecule is COc1cccc(CN(CC2CCCO2)C(=O)c2ccc(C(F)(F)F)nc2C)c1. The molecule has 0 N–H and O–H groups in total. The van der Waals surface area contributed by atoms with E-state index in [1.54, 1.807) is 18.1 Å². The van der Waals surface area contributed by atoms with E-state index in [4.69, 9.17) is 9.47 Å². The van der Waals surface area contributed by atoms with E-state index in [0.29, 0.717) is 18.9 Å². The summed E-state index contributed by atoms with van der Waals surface area (Å²) in [5, 5.41) is 0. The maximum absolute atomic E-state index is 13.2. The van der Waals surface area contributed by atoms with Crippen molar-refractivity contribution in [3.05, 3.63) is 58.9 Å². The fourth-order valence-corrected chi connectivity index (χ4v) is 3.36. The van der Waals surface area contributed by atoms with Crippen LogP contribution >= 0.6 is 0 Å². The molecule has 1 fully saturated rings. The van der Waals surface area contributed by atoms with Crippen molar-refractivity contribution in [2.75, 3.05) is 20.3 Å². The van der Waals surface area contributed by atoms with Gasteiger partial charge >= 0.3 is 6.18 Å². The highest BCUT2D eigenvalue weighted by Crippen LogP contribution is 2.28. The molecule has 156 valence electrons. The standard InChI is InChI=1S/C21H23F3N2O3/c1-14-18(8-9-19(25-14)21(22,23)24)20(27)26(13-17-7-4-10-29-17)12-15-5-3-6-16(11-15)28-2/h3,5-6,8-9,11,17H,4,7,10,12-13H2,1-2H3. The zero-order valence-electron chi connectivity index (χ0n) is 16.3. The number of halogens is 3. The van der Waals surface area contributed by atoms with Gasteiger partial charge in [0.15, 0.2) is 0 Å². The van der Waals surface area contributed by atoms with Crippen molar-refractivity contribution in [2.45, 2.75) is 38.6 Å². The van der Waals surface area contributed by atoms with Crippen LogP contribution in [0.5, 0.6) is 5.75 Å². The van der Waals surface area contributed by atoms with Gasteiger partial charge in [-0.05, 0) is 49.6 Å². The third-order valence-electron chi connectivity index (χ3n) is 4.85. The van der Waals surface area contributed by atoms with Gasteiger partial charge in [-0.2, -0.15) is 13.2 Å². The van der Waals surface area contributed by atoms with Crippen molar-refractivity contribution in [3.8, 4) is 5.75 Å². The van der Waals surface area contributed by atoms with Gasteiger partial charge in [0.05, 0.1) is 24.5 Å². The molecule has 1 saturated heterocycles. The monoisotopic (exact) mass is 408 g/mol. The maximum Gasteiger partial charge on any atom is 0.433 e. The Morgan fingerprint density at radius 3 is 2.72 bits per heavy atom. The first-order valence-electron chi connectivity index (χ1n) is 9.36. The molecule has 29 heavy (non-hydrogen) atoms. The number of benzene rings is 1. The number of amides is 1. The summed E-state index contributed by atoms with van der Waals surface area (Å²) in [5.41, 5.74) is 0.0462. The Hall–Kier alpha value is -2.61. The number of aryl methyl sites for hydroxylation is 1. The predicted octanol–water partition coefficient (Wildman–Crippen LogP) is 4.24. The number of hydrogen-bond acceptors (Lipinski definition) is 4. The summed E-state index contributed by atoms with van der Waals surface area (Å²) in [6.07, 6.45) is -2.88. The Labute approximate surface area is 167 Å². The minimum Gasteiger partial charge on any atom is -0.497 e. The van der Waals surface area contributed by atoms with Crippen LogP contribution in [0.15, 0.2) is 36.4 Å². The highest BCUT2D eigenvalue weighted by atomic mass is 19.4. The highest BCUT2D eigenvalue weighted by Gasteiger charge is 2.33. The number of methoxy groups -OCH3 is 1. The second-order valence-corrected chi connectivity index (χ2v) is 7.00. The molecule has 1 unspecified atom stereocenters. The molecule has 0 aliphatic carbocycles. The molecule has 5 nitrogen and oxygen atoms in total. The van der Waals surface area contributed by atoms with E-state index >= 15 is 0 Å². The largest absolute Gasteiger partial charge is 0.497 e. The number of pyridine rings is 1. The van der Waals surface area contributed by atoms with Crippen LogP contribution in [0.4, 0.5) is 13.2 Å². The van der Waals surface area contributed by atoms with Crippen LogP contribution in [-0.4, -0.2) is 42.2 Å². The molecule has 2 aromatic rings. The van der Waals surface area contributed by atoms with Crippen LogP contribution in [0.25, 0.3) is 0 Å². The van der Waals surface area contributed by atoms with Crippen molar-refractivity contribution in [1.82, 2.24) is 9.88 Å². The second kappa shape index (κ2) is 8.82. The molecular weight excluding hydrogens is 385 g/mol. The summed E-state index contributed by atoms with van der Waals surface area (Å²) < 4.78 is 49.6. The first kappa shape index (κ1) is 21.1. The number of aromatic nitrogens is 1. The van der Waals surface area contributed by atoms with Gasteiger partial charge in [-0.25, -0.2) is 4.98 Å². The van der Waals surface area contributed by atoms with E-state index in [1.165, 1.54) is 13.0 Å². The van der Waals surface area contributed by atoms with Gasteiger partial charge in [0, 0.05) is 19.7 Å². The Balaban J connectivity index is 1.87. The minimum absolute atomic E-state index is 0.0489. The van der Waals surface area contributed by atoms with Crippen molar-refractivity contribution in [2.24, 2.45) is 0 Å². The Morgan fingerprint density at radius 2 is 2.10 bits per heavy atom. The van der Waals surface area contributed by atoms with Crippen LogP contribution in [-0.2, 0) is 17.5 Å². The molecular formula is C21H23F3N2O3. The van der Waals surface area contributed by atoms with Gasteiger partial charge in [-0.1, -0.05) is 12.1 Å². The predicted molar refractivity (Wildman–Crippen MR) is 101 cm³/mol. The van der Waals surface area contributed by atoms with Crippen molar-refractivity contribution in [1.29, 1.82) is 0 Å². The van der Waals surface area contributed by atoms with Crippen LogP contribution in [0.1, 0.15) is 40.2 Å². The van der Waals surface area contributed by atoms with E-state index in [1.807, 2.05) is 18.2 Å². The van der Waals surface area contributed by atoms with Crippen LogP contribution in [0, 0.1) is 6.92 Å². The Morgan fingerprint density at radius 1 is 1.31 bits per heavy atom. The zero-order valence-corrected chi connectivity index (χ0v) is 16.3. The Kier molecular flexibility index (Phi) is 6.42. The van der Waals surface area contributed by atoms with E-state index in [0.717, 1.165) is 24.5 Å². The van der Waals surface area contributed by atoms with Gasteiger partial charge in [0.2, 0.25) is 0 Å². The smallest absolute Gasteiger partial charge is 0.433 e. The van der Waals surface area contributed by atoms with Crippen molar-refractivity contribution >= 4 is 5.91 Å². The quantitative estimate of drug-likeness (QED) is 0.718. The minimum atomic E-state index is -4.55. The summed E-state index contributed by atoms with van der Waals surface area (Å²) in [6.45, 7) is 2.71. The molecule has 1 atom stereocenters. The lowest BCUT2D eigenvalue weighted by atomic mass is 10.1. The summed E-state index contributed by atoms with van der Waals surface area (Å²) in [7, 11) is 1.56. The van der Waals surface area contributed by atoms with Gasteiger partial charge < -0.3 is 14.4 Å². The molecule has 0 radical (unpaired) electrons. The fraction of sp³-hybridized carbons (Fsp3) is 0.429. The molecule has 3 rings (SSSR count). The maximum atomic E-state index is 13.2. The molecule has 2 heterocycles. The molecule has 8 heteroatoms. The van der Waals surface area contributed by atoms with E-state index in [-0.39, 0.29) is 29.8 Å². The third-order valence-corrected chi connectivity index (χ3v) is 4.85. The average molecular weight is 408 g/mol. The van der Waals surface area contributed by atoms with E-state index in [9.17, 15) is 18.0 Å². The first-order chi connectivity index (χ1) is 13.8. The lowest BCUT2D eigenvalue weighted by Crippen LogP contribution is -2.37. The second-order valence-electron chi connectivity index (χ2n) is 7.00. The van der Waals surface area contributed by atoms with Crippen LogP contribution in [0.3, 0.4) is 0 Å². The number of ether oxygens (including phenoxy) is 2. The van der Waals surface area contributed by atoms with Crippen LogP contribution in [0.2, 0.25) is 0 Å². The van der Waals surface area contributed by atoms with Crippen molar-refractivity contribution in [3.63, 3.8) is 0 Å². The molecule has 1 aromatic heterocycles. The summed E-state index contributed by atoms with van der Waals surface area (Å²) in [6, 6.07) is 9.37. The molecule has 1 amide bonds. The number of carbonyl (C=O) groups is 1. The zero-order chi connectivity index (χ0) is 21.0. The van der Waals surface area contributed by atoms with E-state index < -0.39 is 11.9 Å². The molecule has 1 aliphatic heterocycles. The number of alkyl halides is 3. The number of nitrogens with zero attached hydrogens (tertiary/aromatic N) is 2. The molecule has 0 spiro atoms. The molecule has 1 aromatic carbocycles. The van der Waals surface area contributed by atoms with E-state index in [2.05, 4.69) is 4.98 Å². The molecule has 0 bridgehead atoms. The van der Waals surface area contributed by atoms with Crippen LogP contribution < -0.4 is 4.74 Å². The normalized spacial score (nSPS) is 16.7. The molecule has 1 aliphatic rings. The Bertz CT molecular complexity index is 864. The lowest BCUT2D eigenvalue weighted by Gasteiger charge is -2.26. The van der Waals surface area contributed by atoms with Gasteiger partial charge in [-0.15, -0.1) is 0 Å². The highest BCUT2D eigenvalue weighted by molar-refractivity contribution is 5.95. The number of carbonyl (C=O) groups excluding carboxylic acids is 1. The average Bonchev–Trinajstić information content (AvgIpc) is 3.19. The van der Waals surface area contributed by atoms with Gasteiger partial charge in [0.1, 0.15) is 11.4 Å². The van der Waals surface area contributed by atoms with Gasteiger partial charge in [0.25, 0.3) is 5.91 Å². The molecule has 0 saturated carbocycles. The van der Waals surface area contributed by atoms with Gasteiger partial charge in [-0.3, -0.25) is 4.79 Å². The first-order valence-corrected chi connectivity index (χ1v) is 9.36. The number of hydrogen-bond donors (Lipinski definition) is 0. The summed E-state index contributed by atoms with van der Waals surface area (Å²) >= 11 is 0. The summed E-state index contributed by atoms with van der Waals surface area (Å²) in [4.78, 5) is 18.4. The topological polar surface area (TPSA) is 51.7 Å². The number of rotatable bonds is 6. The third kappa shape index (κ3) is 5.26. The van der Waals surface area contributed by atoms with Crippen molar-refractivity contribution < 1.29 is 27.4 Å². The fourth-order valence-electron chi connectivity index (χ4n) is 3.36.